The molecule has 6 heteroatoms. The lowest BCUT2D eigenvalue weighted by Crippen LogP contribution is -2.02. The summed E-state index contributed by atoms with van der Waals surface area (Å²) in [6, 6.07) is 0. The van der Waals surface area contributed by atoms with Crippen molar-refractivity contribution in [2.45, 2.75) is 26.7 Å². The van der Waals surface area contributed by atoms with Crippen LogP contribution in [0.4, 0.5) is 0 Å². The molecule has 0 atom stereocenters. The second kappa shape index (κ2) is 17.8. The number of nitrogens with two attached hydrogens (primary N) is 1. The zero-order valence-electron chi connectivity index (χ0n) is 8.56. The van der Waals surface area contributed by atoms with E-state index in [-0.39, 0.29) is 19.4 Å². The predicted molar refractivity (Wildman–Crippen MR) is 52.0 cm³/mol. The summed E-state index contributed by atoms with van der Waals surface area (Å²) in [4.78, 5) is 18.7. The molecule has 0 fully saturated rings. The Kier molecular flexibility index (Phi) is 23.7. The molecule has 0 saturated carbocycles. The lowest BCUT2D eigenvalue weighted by Gasteiger charge is -1.71. The summed E-state index contributed by atoms with van der Waals surface area (Å²) in [5.41, 5.74) is 4.78. The van der Waals surface area contributed by atoms with Crippen LogP contribution in [0.15, 0.2) is 0 Å². The third kappa shape index (κ3) is 70.9. The highest BCUT2D eigenvalue weighted by molar-refractivity contribution is 5.66. The Hall–Kier alpha value is -1.14. The van der Waals surface area contributed by atoms with Crippen molar-refractivity contribution in [2.24, 2.45) is 5.73 Å². The van der Waals surface area contributed by atoms with Gasteiger partial charge in [-0.1, -0.05) is 13.8 Å². The van der Waals surface area contributed by atoms with Crippen LogP contribution in [-0.4, -0.2) is 40.4 Å². The molecule has 0 radical (unpaired) electrons. The molecule has 6 nitrogen and oxygen atoms in total. The first-order valence-electron chi connectivity index (χ1n) is 4.20. The highest BCUT2D eigenvalue weighted by Gasteiger charge is 1.81. The van der Waals surface area contributed by atoms with Crippen LogP contribution in [0, 0.1) is 0 Å². The lowest BCUT2D eigenvalue weighted by molar-refractivity contribution is -0.137. The van der Waals surface area contributed by atoms with E-state index in [0.717, 1.165) is 0 Å². The van der Waals surface area contributed by atoms with Gasteiger partial charge in [-0.05, 0) is 0 Å². The van der Waals surface area contributed by atoms with Crippen LogP contribution in [0.1, 0.15) is 26.7 Å². The number of hydrogen-bond donors (Lipinski definition) is 4. The van der Waals surface area contributed by atoms with Gasteiger partial charge in [0.2, 0.25) is 0 Å². The zero-order chi connectivity index (χ0) is 12.0. The standard InChI is InChI=1S/2C3H6O2.C2H7NO/c2*1-2-3(4)5;3-1-2-4/h2*2H2,1H3,(H,4,5);4H,1-3H2. The molecular weight excluding hydrogens is 190 g/mol. The van der Waals surface area contributed by atoms with Crippen LogP contribution in [0.2, 0.25) is 0 Å². The first kappa shape index (κ1) is 18.6. The number of rotatable bonds is 3. The molecule has 86 valence electrons. The fourth-order valence-corrected chi connectivity index (χ4v) is 0. The highest BCUT2D eigenvalue weighted by Crippen LogP contribution is 1.67. The van der Waals surface area contributed by atoms with Crippen molar-refractivity contribution < 1.29 is 24.9 Å². The second-order valence-electron chi connectivity index (χ2n) is 2.01. The quantitative estimate of drug-likeness (QED) is 0.515. The molecule has 0 heterocycles. The van der Waals surface area contributed by atoms with Crippen molar-refractivity contribution in [1.82, 2.24) is 0 Å². The molecule has 0 amide bonds. The fraction of sp³-hybridized carbons (Fsp3) is 0.750. The Morgan fingerprint density at radius 1 is 1.07 bits per heavy atom. The van der Waals surface area contributed by atoms with Gasteiger partial charge in [-0.3, -0.25) is 9.59 Å². The van der Waals surface area contributed by atoms with Gasteiger partial charge >= 0.3 is 11.9 Å². The van der Waals surface area contributed by atoms with E-state index >= 15 is 0 Å². The summed E-state index contributed by atoms with van der Waals surface area (Å²) in [6.07, 6.45) is 0.444. The molecule has 0 aromatic heterocycles. The van der Waals surface area contributed by atoms with Gasteiger partial charge in [-0.15, -0.1) is 0 Å². The van der Waals surface area contributed by atoms with E-state index in [1.165, 1.54) is 0 Å². The van der Waals surface area contributed by atoms with E-state index in [2.05, 4.69) is 0 Å². The number of hydrogen-bond acceptors (Lipinski definition) is 4. The Balaban J connectivity index is -0.000000131. The summed E-state index contributed by atoms with van der Waals surface area (Å²) in [5, 5.41) is 23.2. The average Bonchev–Trinajstić information content (AvgIpc) is 2.19. The van der Waals surface area contributed by atoms with Gasteiger partial charge in [0.25, 0.3) is 0 Å². The van der Waals surface area contributed by atoms with Crippen LogP contribution in [0.5, 0.6) is 0 Å². The molecule has 0 aromatic carbocycles. The molecule has 0 bridgehead atoms. The van der Waals surface area contributed by atoms with E-state index in [1.807, 2.05) is 0 Å². The minimum atomic E-state index is -0.745. The minimum Gasteiger partial charge on any atom is -0.481 e. The number of aliphatic hydroxyl groups is 1. The van der Waals surface area contributed by atoms with Crippen LogP contribution < -0.4 is 5.73 Å². The number of carboxylic acid groups (broad SMARTS) is 2. The third-order valence-electron chi connectivity index (χ3n) is 0.734. The maximum Gasteiger partial charge on any atom is 0.303 e. The van der Waals surface area contributed by atoms with Crippen LogP contribution in [0.3, 0.4) is 0 Å². The minimum absolute atomic E-state index is 0.0972. The lowest BCUT2D eigenvalue weighted by atomic mass is 10.5. The van der Waals surface area contributed by atoms with E-state index in [4.69, 9.17) is 21.1 Å². The molecule has 0 unspecified atom stereocenters. The van der Waals surface area contributed by atoms with Gasteiger partial charge in [0, 0.05) is 19.4 Å². The van der Waals surface area contributed by atoms with Gasteiger partial charge in [-0.25, -0.2) is 0 Å². The van der Waals surface area contributed by atoms with Crippen molar-refractivity contribution in [3.63, 3.8) is 0 Å². The van der Waals surface area contributed by atoms with Crippen molar-refractivity contribution >= 4 is 11.9 Å². The van der Waals surface area contributed by atoms with Gasteiger partial charge in [0.05, 0.1) is 6.61 Å². The van der Waals surface area contributed by atoms with Gasteiger partial charge in [0.1, 0.15) is 0 Å². The summed E-state index contributed by atoms with van der Waals surface area (Å²) in [5.74, 6) is -1.49. The van der Waals surface area contributed by atoms with Crippen LogP contribution in [-0.2, 0) is 9.59 Å². The molecule has 14 heavy (non-hydrogen) atoms. The Labute approximate surface area is 83.4 Å². The molecule has 0 saturated heterocycles. The van der Waals surface area contributed by atoms with Gasteiger partial charge in [0.15, 0.2) is 0 Å². The zero-order valence-corrected chi connectivity index (χ0v) is 8.56. The average molecular weight is 209 g/mol. The SMILES string of the molecule is CCC(=O)O.CCC(=O)O.NCCO. The van der Waals surface area contributed by atoms with E-state index in [1.54, 1.807) is 13.8 Å². The molecule has 0 spiro atoms. The normalized spacial score (nSPS) is 7.43. The predicted octanol–water partition coefficient (Wildman–Crippen LogP) is -0.101. The summed E-state index contributed by atoms with van der Waals surface area (Å²) in [6.45, 7) is 3.67. The van der Waals surface area contributed by atoms with E-state index in [0.29, 0.717) is 6.54 Å². The maximum atomic E-state index is 9.37. The van der Waals surface area contributed by atoms with Crippen molar-refractivity contribution in [3.05, 3.63) is 0 Å². The van der Waals surface area contributed by atoms with Crippen molar-refractivity contribution in [2.75, 3.05) is 13.2 Å². The molecule has 0 aliphatic carbocycles. The number of aliphatic carboxylic acids is 2. The fourth-order valence-electron chi connectivity index (χ4n) is 0. The largest absolute Gasteiger partial charge is 0.481 e. The molecule has 5 N–H and O–H groups in total. The summed E-state index contributed by atoms with van der Waals surface area (Å²) in [7, 11) is 0. The monoisotopic (exact) mass is 209 g/mol. The van der Waals surface area contributed by atoms with E-state index < -0.39 is 11.9 Å². The van der Waals surface area contributed by atoms with Crippen molar-refractivity contribution in [3.8, 4) is 0 Å². The first-order chi connectivity index (χ1) is 6.45. The highest BCUT2D eigenvalue weighted by atomic mass is 16.4. The molecular formula is C8H19NO5. The Morgan fingerprint density at radius 2 is 1.21 bits per heavy atom. The molecule has 0 aromatic rings. The van der Waals surface area contributed by atoms with Crippen LogP contribution >= 0.6 is 0 Å². The summed E-state index contributed by atoms with van der Waals surface area (Å²) < 4.78 is 0. The Bertz CT molecular complexity index is 122. The number of aliphatic hydroxyl groups excluding tert-OH is 1. The second-order valence-corrected chi connectivity index (χ2v) is 2.01. The molecule has 0 rings (SSSR count). The topological polar surface area (TPSA) is 121 Å². The van der Waals surface area contributed by atoms with Gasteiger partial charge in [-0.2, -0.15) is 0 Å². The molecule has 0 aliphatic rings. The smallest absolute Gasteiger partial charge is 0.303 e. The van der Waals surface area contributed by atoms with Crippen molar-refractivity contribution in [1.29, 1.82) is 0 Å². The Morgan fingerprint density at radius 3 is 1.21 bits per heavy atom. The van der Waals surface area contributed by atoms with Crippen LogP contribution in [0.25, 0.3) is 0 Å². The number of carbonyl (C=O) groups is 2. The first-order valence-corrected chi connectivity index (χ1v) is 4.20. The van der Waals surface area contributed by atoms with Gasteiger partial charge < -0.3 is 21.1 Å². The maximum absolute atomic E-state index is 9.37. The summed E-state index contributed by atoms with van der Waals surface area (Å²) >= 11 is 0. The number of carboxylic acids is 2. The third-order valence-corrected chi connectivity index (χ3v) is 0.734. The van der Waals surface area contributed by atoms with E-state index in [9.17, 15) is 9.59 Å². The molecule has 0 aliphatic heterocycles.